The molecule has 4 aromatic rings. The summed E-state index contributed by atoms with van der Waals surface area (Å²) in [5, 5.41) is 4.73. The van der Waals surface area contributed by atoms with Gasteiger partial charge in [-0.05, 0) is 67.3 Å². The van der Waals surface area contributed by atoms with Gasteiger partial charge in [0, 0.05) is 27.5 Å². The highest BCUT2D eigenvalue weighted by molar-refractivity contribution is 6.36. The molecule has 1 saturated carbocycles. The van der Waals surface area contributed by atoms with Crippen LogP contribution in [0.4, 0.5) is 0 Å². The SMILES string of the molecule is O=C(N[C@H]1CCC[C@@H]1OCc1ccccc1)c1cn(-c2ccc(Cl)cc2)c(-c2ccc(Cl)cc2Cl)n1. The lowest BCUT2D eigenvalue weighted by molar-refractivity contribution is 0.0271. The third-order valence-electron chi connectivity index (χ3n) is 6.29. The Bertz CT molecular complexity index is 1360. The average molecular weight is 541 g/mol. The van der Waals surface area contributed by atoms with Crippen molar-refractivity contribution in [3.8, 4) is 17.1 Å². The molecule has 2 atom stereocenters. The Morgan fingerprint density at radius 3 is 2.47 bits per heavy atom. The zero-order valence-corrected chi connectivity index (χ0v) is 21.6. The van der Waals surface area contributed by atoms with E-state index in [0.717, 1.165) is 30.5 Å². The maximum absolute atomic E-state index is 13.3. The van der Waals surface area contributed by atoms with Crippen LogP contribution >= 0.6 is 34.8 Å². The Balaban J connectivity index is 1.39. The number of nitrogens with zero attached hydrogens (tertiary/aromatic N) is 2. The first-order valence-electron chi connectivity index (χ1n) is 11.7. The minimum Gasteiger partial charge on any atom is -0.371 e. The normalized spacial score (nSPS) is 17.3. The highest BCUT2D eigenvalue weighted by Crippen LogP contribution is 2.32. The van der Waals surface area contributed by atoms with E-state index in [1.165, 1.54) is 0 Å². The van der Waals surface area contributed by atoms with E-state index in [-0.39, 0.29) is 18.1 Å². The topological polar surface area (TPSA) is 56.1 Å². The lowest BCUT2D eigenvalue weighted by atomic mass is 10.2. The molecule has 0 saturated heterocycles. The van der Waals surface area contributed by atoms with E-state index in [1.54, 1.807) is 36.5 Å². The second-order valence-electron chi connectivity index (χ2n) is 8.77. The first kappa shape index (κ1) is 24.8. The largest absolute Gasteiger partial charge is 0.371 e. The molecule has 8 heteroatoms. The van der Waals surface area contributed by atoms with Crippen LogP contribution < -0.4 is 5.32 Å². The van der Waals surface area contributed by atoms with E-state index < -0.39 is 0 Å². The van der Waals surface area contributed by atoms with Gasteiger partial charge in [0.1, 0.15) is 11.5 Å². The molecule has 3 aromatic carbocycles. The number of ether oxygens (including phenoxy) is 1. The molecule has 5 nitrogen and oxygen atoms in total. The van der Waals surface area contributed by atoms with Gasteiger partial charge in [-0.2, -0.15) is 0 Å². The average Bonchev–Trinajstić information content (AvgIpc) is 3.51. The maximum atomic E-state index is 13.3. The van der Waals surface area contributed by atoms with E-state index in [1.807, 2.05) is 47.0 Å². The van der Waals surface area contributed by atoms with E-state index in [2.05, 4.69) is 10.3 Å². The van der Waals surface area contributed by atoms with E-state index in [4.69, 9.17) is 39.5 Å². The number of aromatic nitrogens is 2. The molecule has 0 radical (unpaired) electrons. The molecule has 1 N–H and O–H groups in total. The summed E-state index contributed by atoms with van der Waals surface area (Å²) in [4.78, 5) is 18.0. The van der Waals surface area contributed by atoms with Gasteiger partial charge in [-0.15, -0.1) is 0 Å². The molecule has 0 unspecified atom stereocenters. The van der Waals surface area contributed by atoms with Crippen LogP contribution in [0.1, 0.15) is 35.3 Å². The lowest BCUT2D eigenvalue weighted by Gasteiger charge is -2.21. The molecule has 184 valence electrons. The molecule has 1 fully saturated rings. The van der Waals surface area contributed by atoms with Gasteiger partial charge in [0.2, 0.25) is 0 Å². The van der Waals surface area contributed by atoms with Crippen LogP contribution in [-0.2, 0) is 11.3 Å². The van der Waals surface area contributed by atoms with E-state index >= 15 is 0 Å². The quantitative estimate of drug-likeness (QED) is 0.266. The van der Waals surface area contributed by atoms with Crippen LogP contribution in [0, 0.1) is 0 Å². The number of hydrogen-bond acceptors (Lipinski definition) is 3. The summed E-state index contributed by atoms with van der Waals surface area (Å²) in [5.41, 5.74) is 2.87. The van der Waals surface area contributed by atoms with Crippen molar-refractivity contribution in [2.24, 2.45) is 0 Å². The number of benzene rings is 3. The fourth-order valence-corrected chi connectivity index (χ4v) is 5.08. The van der Waals surface area contributed by atoms with E-state index in [0.29, 0.717) is 38.8 Å². The minimum atomic E-state index is -0.255. The Labute approximate surface area is 225 Å². The van der Waals surface area contributed by atoms with Crippen molar-refractivity contribution in [2.75, 3.05) is 0 Å². The lowest BCUT2D eigenvalue weighted by Crippen LogP contribution is -2.41. The molecule has 1 amide bonds. The fraction of sp³-hybridized carbons (Fsp3) is 0.214. The molecular formula is C28H24Cl3N3O2. The highest BCUT2D eigenvalue weighted by Gasteiger charge is 2.30. The van der Waals surface area contributed by atoms with Gasteiger partial charge in [0.15, 0.2) is 0 Å². The highest BCUT2D eigenvalue weighted by atomic mass is 35.5. The van der Waals surface area contributed by atoms with Crippen LogP contribution in [0.3, 0.4) is 0 Å². The Morgan fingerprint density at radius 2 is 1.72 bits per heavy atom. The number of hydrogen-bond donors (Lipinski definition) is 1. The maximum Gasteiger partial charge on any atom is 0.271 e. The number of imidazole rings is 1. The zero-order chi connectivity index (χ0) is 25.1. The molecule has 1 aliphatic carbocycles. The van der Waals surface area contributed by atoms with Gasteiger partial charge in [-0.1, -0.05) is 65.1 Å². The number of carbonyl (C=O) groups excluding carboxylic acids is 1. The summed E-state index contributed by atoms with van der Waals surface area (Å²) in [6.45, 7) is 0.516. The number of rotatable bonds is 7. The first-order valence-corrected chi connectivity index (χ1v) is 12.9. The van der Waals surface area contributed by atoms with Crippen molar-refractivity contribution >= 4 is 40.7 Å². The Kier molecular flexibility index (Phi) is 7.63. The van der Waals surface area contributed by atoms with Crippen molar-refractivity contribution in [3.05, 3.63) is 105 Å². The molecule has 0 spiro atoms. The van der Waals surface area contributed by atoms with Gasteiger partial charge in [0.25, 0.3) is 5.91 Å². The van der Waals surface area contributed by atoms with Crippen LogP contribution in [0.25, 0.3) is 17.1 Å². The second-order valence-corrected chi connectivity index (χ2v) is 10.0. The summed E-state index contributed by atoms with van der Waals surface area (Å²) in [7, 11) is 0. The van der Waals surface area contributed by atoms with Gasteiger partial charge in [-0.3, -0.25) is 9.36 Å². The van der Waals surface area contributed by atoms with Crippen LogP contribution in [-0.4, -0.2) is 27.6 Å². The molecule has 1 heterocycles. The predicted molar refractivity (Wildman–Crippen MR) is 144 cm³/mol. The third-order valence-corrected chi connectivity index (χ3v) is 7.09. The predicted octanol–water partition coefficient (Wildman–Crippen LogP) is 7.37. The molecule has 36 heavy (non-hydrogen) atoms. The molecule has 1 aliphatic rings. The fourth-order valence-electron chi connectivity index (χ4n) is 4.46. The minimum absolute atomic E-state index is 0.0438. The number of halogens is 3. The van der Waals surface area contributed by atoms with Crippen molar-refractivity contribution in [3.63, 3.8) is 0 Å². The van der Waals surface area contributed by atoms with Crippen molar-refractivity contribution < 1.29 is 9.53 Å². The number of amides is 1. The standard InChI is InChI=1S/C28H24Cl3N3O2/c29-19-9-12-21(13-10-19)34-16-25(32-27(34)22-14-11-20(30)15-23(22)31)28(35)33-24-7-4-8-26(24)36-17-18-5-2-1-3-6-18/h1-3,5-6,9-16,24,26H,4,7-8,17H2,(H,33,35)/t24-,26-/m0/s1. The third kappa shape index (κ3) is 5.60. The monoisotopic (exact) mass is 539 g/mol. The molecule has 0 aliphatic heterocycles. The first-order chi connectivity index (χ1) is 17.5. The summed E-state index contributed by atoms with van der Waals surface area (Å²) in [5.74, 6) is 0.279. The van der Waals surface area contributed by atoms with Crippen molar-refractivity contribution in [1.29, 1.82) is 0 Å². The van der Waals surface area contributed by atoms with Crippen LogP contribution in [0.15, 0.2) is 79.0 Å². The van der Waals surface area contributed by atoms with Gasteiger partial charge in [-0.25, -0.2) is 4.98 Å². The van der Waals surface area contributed by atoms with Gasteiger partial charge in [0.05, 0.1) is 23.8 Å². The smallest absolute Gasteiger partial charge is 0.271 e. The zero-order valence-electron chi connectivity index (χ0n) is 19.3. The summed E-state index contributed by atoms with van der Waals surface area (Å²) < 4.78 is 7.99. The molecule has 5 rings (SSSR count). The van der Waals surface area contributed by atoms with Gasteiger partial charge >= 0.3 is 0 Å². The van der Waals surface area contributed by atoms with Crippen LogP contribution in [0.5, 0.6) is 0 Å². The number of carbonyl (C=O) groups is 1. The Morgan fingerprint density at radius 1 is 0.972 bits per heavy atom. The summed E-state index contributed by atoms with van der Waals surface area (Å²) in [6.07, 6.45) is 4.43. The number of nitrogens with one attached hydrogen (secondary N) is 1. The Hall–Kier alpha value is -2.83. The summed E-state index contributed by atoms with van der Waals surface area (Å²) in [6, 6.07) is 22.5. The second kappa shape index (κ2) is 11.1. The molecule has 1 aromatic heterocycles. The van der Waals surface area contributed by atoms with Gasteiger partial charge < -0.3 is 10.1 Å². The van der Waals surface area contributed by atoms with Crippen molar-refractivity contribution in [2.45, 2.75) is 38.0 Å². The molecular weight excluding hydrogens is 517 g/mol. The van der Waals surface area contributed by atoms with Crippen LogP contribution in [0.2, 0.25) is 15.1 Å². The van der Waals surface area contributed by atoms with E-state index in [9.17, 15) is 4.79 Å². The molecule has 0 bridgehead atoms. The van der Waals surface area contributed by atoms with Crippen molar-refractivity contribution in [1.82, 2.24) is 14.9 Å². The summed E-state index contributed by atoms with van der Waals surface area (Å²) >= 11 is 18.7.